The topological polar surface area (TPSA) is 33.1 Å². The van der Waals surface area contributed by atoms with Crippen LogP contribution in [0.5, 0.6) is 0 Å². The van der Waals surface area contributed by atoms with Crippen LogP contribution < -0.4 is 0 Å². The highest BCUT2D eigenvalue weighted by molar-refractivity contribution is 7.17. The summed E-state index contributed by atoms with van der Waals surface area (Å²) >= 11 is 1.46. The number of nitrogens with zero attached hydrogens (tertiary/aromatic N) is 1. The van der Waals surface area contributed by atoms with Crippen LogP contribution in [0.4, 0.5) is 8.78 Å². The molecule has 1 atom stereocenters. The van der Waals surface area contributed by atoms with Crippen LogP contribution in [0, 0.1) is 11.6 Å². The third-order valence-electron chi connectivity index (χ3n) is 2.91. The molecule has 3 rings (SSSR count). The molecular formula is C14H9F2NOS. The number of halogens is 2. The Morgan fingerprint density at radius 1 is 1.16 bits per heavy atom. The van der Waals surface area contributed by atoms with Gasteiger partial charge in [-0.05, 0) is 29.6 Å². The third-order valence-corrected chi connectivity index (χ3v) is 3.77. The molecule has 3 aromatic rings. The zero-order chi connectivity index (χ0) is 13.4. The minimum Gasteiger partial charge on any atom is -0.383 e. The van der Waals surface area contributed by atoms with Crippen LogP contribution in [0.15, 0.2) is 41.9 Å². The van der Waals surface area contributed by atoms with Crippen LogP contribution in [0.1, 0.15) is 17.2 Å². The molecule has 2 aromatic heterocycles. The zero-order valence-corrected chi connectivity index (χ0v) is 10.5. The number of aromatic nitrogens is 1. The molecule has 0 amide bonds. The zero-order valence-electron chi connectivity index (χ0n) is 9.68. The van der Waals surface area contributed by atoms with Crippen LogP contribution in [0.2, 0.25) is 0 Å². The van der Waals surface area contributed by atoms with Crippen molar-refractivity contribution in [1.29, 1.82) is 0 Å². The molecule has 2 nitrogen and oxygen atoms in total. The molecule has 0 aliphatic heterocycles. The standard InChI is InChI=1S/C14H9F2NOS/c15-9-2-1-3-10(16)13(9)14(18)8-6-12-11(17-7-8)4-5-19-12/h1-7,14,18H. The fraction of sp³-hybridized carbons (Fsp3) is 0.0714. The lowest BCUT2D eigenvalue weighted by Gasteiger charge is -2.13. The molecule has 0 bridgehead atoms. The van der Waals surface area contributed by atoms with Gasteiger partial charge in [-0.15, -0.1) is 11.3 Å². The average molecular weight is 277 g/mol. The molecule has 1 aromatic carbocycles. The van der Waals surface area contributed by atoms with Gasteiger partial charge in [0, 0.05) is 11.8 Å². The molecule has 1 unspecified atom stereocenters. The van der Waals surface area contributed by atoms with Crippen molar-refractivity contribution < 1.29 is 13.9 Å². The second kappa shape index (κ2) is 4.68. The van der Waals surface area contributed by atoms with Gasteiger partial charge in [-0.2, -0.15) is 0 Å². The number of pyridine rings is 1. The number of thiophene rings is 1. The van der Waals surface area contributed by atoms with E-state index < -0.39 is 17.7 Å². The first-order chi connectivity index (χ1) is 9.16. The monoisotopic (exact) mass is 277 g/mol. The molecule has 0 aliphatic carbocycles. The van der Waals surface area contributed by atoms with Crippen LogP contribution in [0.3, 0.4) is 0 Å². The van der Waals surface area contributed by atoms with Crippen molar-refractivity contribution in [1.82, 2.24) is 4.98 Å². The molecule has 5 heteroatoms. The highest BCUT2D eigenvalue weighted by Crippen LogP contribution is 2.29. The molecule has 0 saturated carbocycles. The smallest absolute Gasteiger partial charge is 0.132 e. The second-order valence-corrected chi connectivity index (χ2v) is 5.06. The summed E-state index contributed by atoms with van der Waals surface area (Å²) in [7, 11) is 0. The Hall–Kier alpha value is -1.85. The molecule has 2 heterocycles. The van der Waals surface area contributed by atoms with Gasteiger partial charge in [-0.3, -0.25) is 4.98 Å². The Morgan fingerprint density at radius 2 is 1.89 bits per heavy atom. The average Bonchev–Trinajstić information content (AvgIpc) is 2.85. The second-order valence-electron chi connectivity index (χ2n) is 4.11. The van der Waals surface area contributed by atoms with Crippen LogP contribution in [-0.4, -0.2) is 10.1 Å². The number of benzene rings is 1. The van der Waals surface area contributed by atoms with Gasteiger partial charge in [0.2, 0.25) is 0 Å². The fourth-order valence-corrected chi connectivity index (χ4v) is 2.74. The van der Waals surface area contributed by atoms with E-state index in [9.17, 15) is 13.9 Å². The molecule has 19 heavy (non-hydrogen) atoms. The van der Waals surface area contributed by atoms with Crippen molar-refractivity contribution in [3.63, 3.8) is 0 Å². The molecule has 0 aliphatic rings. The minimum absolute atomic E-state index is 0.347. The molecular weight excluding hydrogens is 268 g/mol. The molecule has 0 fully saturated rings. The van der Waals surface area contributed by atoms with E-state index in [0.29, 0.717) is 5.56 Å². The maximum atomic E-state index is 13.6. The summed E-state index contributed by atoms with van der Waals surface area (Å²) in [5.74, 6) is -1.53. The van der Waals surface area contributed by atoms with Crippen molar-refractivity contribution in [2.45, 2.75) is 6.10 Å². The van der Waals surface area contributed by atoms with E-state index in [1.165, 1.54) is 23.6 Å². The Labute approximate surface area is 112 Å². The first-order valence-corrected chi connectivity index (χ1v) is 6.50. The molecule has 1 N–H and O–H groups in total. The van der Waals surface area contributed by atoms with Crippen molar-refractivity contribution in [3.8, 4) is 0 Å². The normalized spacial score (nSPS) is 12.8. The first-order valence-electron chi connectivity index (χ1n) is 5.62. The number of aliphatic hydroxyl groups is 1. The molecule has 0 spiro atoms. The van der Waals surface area contributed by atoms with Gasteiger partial charge in [-0.1, -0.05) is 6.07 Å². The van der Waals surface area contributed by atoms with Crippen LogP contribution >= 0.6 is 11.3 Å². The number of aliphatic hydroxyl groups excluding tert-OH is 1. The quantitative estimate of drug-likeness (QED) is 0.775. The summed E-state index contributed by atoms with van der Waals surface area (Å²) in [5, 5.41) is 12.0. The summed E-state index contributed by atoms with van der Waals surface area (Å²) in [6, 6.07) is 7.06. The van der Waals surface area contributed by atoms with E-state index in [2.05, 4.69) is 4.98 Å². The number of rotatable bonds is 2. The summed E-state index contributed by atoms with van der Waals surface area (Å²) in [6.07, 6.45) is 0.0752. The fourth-order valence-electron chi connectivity index (χ4n) is 1.95. The Bertz CT molecular complexity index is 721. The Balaban J connectivity index is 2.10. The van der Waals surface area contributed by atoms with E-state index in [1.807, 2.05) is 11.4 Å². The number of hydrogen-bond acceptors (Lipinski definition) is 3. The number of fused-ring (bicyclic) bond motifs is 1. The first kappa shape index (κ1) is 12.2. The van der Waals surface area contributed by atoms with Gasteiger partial charge in [0.15, 0.2) is 0 Å². The van der Waals surface area contributed by atoms with Gasteiger partial charge in [0.25, 0.3) is 0 Å². The SMILES string of the molecule is OC(c1cnc2ccsc2c1)c1c(F)cccc1F. The van der Waals surface area contributed by atoms with Gasteiger partial charge >= 0.3 is 0 Å². The highest BCUT2D eigenvalue weighted by atomic mass is 32.1. The minimum atomic E-state index is -1.36. The van der Waals surface area contributed by atoms with Crippen molar-refractivity contribution in [3.05, 3.63) is 64.7 Å². The van der Waals surface area contributed by atoms with Crippen molar-refractivity contribution >= 4 is 21.6 Å². The summed E-state index contributed by atoms with van der Waals surface area (Å²) in [6.45, 7) is 0. The summed E-state index contributed by atoms with van der Waals surface area (Å²) < 4.78 is 28.1. The van der Waals surface area contributed by atoms with E-state index in [-0.39, 0.29) is 5.56 Å². The number of hydrogen-bond donors (Lipinski definition) is 1. The van der Waals surface area contributed by atoms with E-state index >= 15 is 0 Å². The lowest BCUT2D eigenvalue weighted by atomic mass is 10.0. The lowest BCUT2D eigenvalue weighted by Crippen LogP contribution is -2.06. The maximum absolute atomic E-state index is 13.6. The lowest BCUT2D eigenvalue weighted by molar-refractivity contribution is 0.209. The predicted molar refractivity (Wildman–Crippen MR) is 70.0 cm³/mol. The highest BCUT2D eigenvalue weighted by Gasteiger charge is 2.20. The van der Waals surface area contributed by atoms with E-state index in [4.69, 9.17) is 0 Å². The van der Waals surface area contributed by atoms with Gasteiger partial charge in [0.05, 0.1) is 15.8 Å². The van der Waals surface area contributed by atoms with Gasteiger partial charge < -0.3 is 5.11 Å². The molecule has 0 saturated heterocycles. The van der Waals surface area contributed by atoms with E-state index in [0.717, 1.165) is 22.3 Å². The van der Waals surface area contributed by atoms with E-state index in [1.54, 1.807) is 6.07 Å². The third kappa shape index (κ3) is 2.11. The summed E-state index contributed by atoms with van der Waals surface area (Å²) in [5.41, 5.74) is 0.828. The van der Waals surface area contributed by atoms with Gasteiger partial charge in [-0.25, -0.2) is 8.78 Å². The molecule has 96 valence electrons. The van der Waals surface area contributed by atoms with Crippen LogP contribution in [0.25, 0.3) is 10.2 Å². The predicted octanol–water partition coefficient (Wildman–Crippen LogP) is 3.66. The van der Waals surface area contributed by atoms with Crippen molar-refractivity contribution in [2.75, 3.05) is 0 Å². The largest absolute Gasteiger partial charge is 0.383 e. The molecule has 0 radical (unpaired) electrons. The van der Waals surface area contributed by atoms with Crippen molar-refractivity contribution in [2.24, 2.45) is 0 Å². The Morgan fingerprint density at radius 3 is 2.63 bits per heavy atom. The summed E-state index contributed by atoms with van der Waals surface area (Å²) in [4.78, 5) is 4.15. The van der Waals surface area contributed by atoms with Crippen LogP contribution in [-0.2, 0) is 0 Å². The Kier molecular flexibility index (Phi) is 3.00. The van der Waals surface area contributed by atoms with Gasteiger partial charge in [0.1, 0.15) is 17.7 Å². The maximum Gasteiger partial charge on any atom is 0.132 e.